The SMILES string of the molecule is CC(C)C[C@@H]1NC(=O)[C@@H]2C[C@H](NC(=O)Nc3ccccc3F)CN2C1=O. The number of hydrogen-bond donors (Lipinski definition) is 3. The van der Waals surface area contributed by atoms with Crippen LogP contribution >= 0.6 is 0 Å². The first-order chi connectivity index (χ1) is 12.3. The number of fused-ring (bicyclic) bond motifs is 1. The van der Waals surface area contributed by atoms with E-state index in [1.165, 1.54) is 18.2 Å². The van der Waals surface area contributed by atoms with Gasteiger partial charge in [0.1, 0.15) is 17.9 Å². The third-order valence-electron chi connectivity index (χ3n) is 4.67. The Hall–Kier alpha value is -2.64. The van der Waals surface area contributed by atoms with Crippen molar-refractivity contribution >= 4 is 23.5 Å². The maximum atomic E-state index is 13.6. The third kappa shape index (κ3) is 3.79. The van der Waals surface area contributed by atoms with Gasteiger partial charge in [-0.2, -0.15) is 0 Å². The number of hydrogen-bond acceptors (Lipinski definition) is 3. The first-order valence-corrected chi connectivity index (χ1v) is 8.78. The Balaban J connectivity index is 1.61. The number of benzene rings is 1. The summed E-state index contributed by atoms with van der Waals surface area (Å²) in [6.07, 6.45) is 0.927. The molecule has 7 nitrogen and oxygen atoms in total. The maximum Gasteiger partial charge on any atom is 0.319 e. The van der Waals surface area contributed by atoms with E-state index in [0.29, 0.717) is 12.8 Å². The second-order valence-electron chi connectivity index (χ2n) is 7.21. The average molecular weight is 362 g/mol. The average Bonchev–Trinajstić information content (AvgIpc) is 2.98. The van der Waals surface area contributed by atoms with Crippen LogP contribution in [0.15, 0.2) is 24.3 Å². The summed E-state index contributed by atoms with van der Waals surface area (Å²) >= 11 is 0. The predicted molar refractivity (Wildman–Crippen MR) is 93.8 cm³/mol. The Morgan fingerprint density at radius 2 is 2.08 bits per heavy atom. The number of amides is 4. The van der Waals surface area contributed by atoms with E-state index in [4.69, 9.17) is 0 Å². The molecule has 140 valence electrons. The molecule has 1 aromatic rings. The van der Waals surface area contributed by atoms with Crippen molar-refractivity contribution in [3.63, 3.8) is 0 Å². The summed E-state index contributed by atoms with van der Waals surface area (Å²) in [6, 6.07) is 3.86. The van der Waals surface area contributed by atoms with Crippen molar-refractivity contribution < 1.29 is 18.8 Å². The van der Waals surface area contributed by atoms with Crippen LogP contribution in [0.25, 0.3) is 0 Å². The fraction of sp³-hybridized carbons (Fsp3) is 0.500. The number of carbonyl (C=O) groups is 3. The molecule has 0 unspecified atom stereocenters. The molecule has 1 aromatic carbocycles. The molecule has 3 atom stereocenters. The molecular formula is C18H23FN4O3. The van der Waals surface area contributed by atoms with Gasteiger partial charge >= 0.3 is 6.03 Å². The second-order valence-corrected chi connectivity index (χ2v) is 7.21. The molecule has 0 saturated carbocycles. The van der Waals surface area contributed by atoms with Crippen molar-refractivity contribution in [1.82, 2.24) is 15.5 Å². The Morgan fingerprint density at radius 1 is 1.35 bits per heavy atom. The highest BCUT2D eigenvalue weighted by atomic mass is 19.1. The van der Waals surface area contributed by atoms with Crippen LogP contribution in [0.1, 0.15) is 26.7 Å². The first kappa shape index (κ1) is 18.2. The van der Waals surface area contributed by atoms with Gasteiger partial charge in [-0.05, 0) is 30.9 Å². The van der Waals surface area contributed by atoms with Crippen LogP contribution in [0, 0.1) is 11.7 Å². The Morgan fingerprint density at radius 3 is 2.77 bits per heavy atom. The number of anilines is 1. The molecule has 8 heteroatoms. The molecule has 2 aliphatic rings. The first-order valence-electron chi connectivity index (χ1n) is 8.78. The van der Waals surface area contributed by atoms with Gasteiger partial charge < -0.3 is 20.9 Å². The monoisotopic (exact) mass is 362 g/mol. The Labute approximate surface area is 151 Å². The summed E-state index contributed by atoms with van der Waals surface area (Å²) in [7, 11) is 0. The third-order valence-corrected chi connectivity index (χ3v) is 4.67. The molecule has 3 N–H and O–H groups in total. The van der Waals surface area contributed by atoms with Crippen molar-refractivity contribution in [3.05, 3.63) is 30.1 Å². The molecule has 0 aromatic heterocycles. The van der Waals surface area contributed by atoms with E-state index in [1.807, 2.05) is 13.8 Å². The van der Waals surface area contributed by atoms with Gasteiger partial charge in [-0.3, -0.25) is 9.59 Å². The maximum absolute atomic E-state index is 13.6. The number of para-hydroxylation sites is 1. The van der Waals surface area contributed by atoms with E-state index in [-0.39, 0.29) is 36.0 Å². The van der Waals surface area contributed by atoms with E-state index < -0.39 is 23.9 Å². The van der Waals surface area contributed by atoms with Crippen LogP contribution in [0.4, 0.5) is 14.9 Å². The molecule has 26 heavy (non-hydrogen) atoms. The minimum Gasteiger partial charge on any atom is -0.342 e. The molecule has 0 bridgehead atoms. The fourth-order valence-electron chi connectivity index (χ4n) is 3.50. The minimum atomic E-state index is -0.565. The number of halogens is 1. The van der Waals surface area contributed by atoms with Crippen molar-refractivity contribution in [3.8, 4) is 0 Å². The van der Waals surface area contributed by atoms with Crippen molar-refractivity contribution in [1.29, 1.82) is 0 Å². The number of piperazine rings is 1. The van der Waals surface area contributed by atoms with Crippen molar-refractivity contribution in [2.45, 2.75) is 44.8 Å². The summed E-state index contributed by atoms with van der Waals surface area (Å²) in [5.41, 5.74) is 0.0755. The molecule has 2 saturated heterocycles. The standard InChI is InChI=1S/C18H23FN4O3/c1-10(2)7-14-17(25)23-9-11(8-15(23)16(24)21-14)20-18(26)22-13-6-4-3-5-12(13)19/h3-6,10-11,14-15H,7-9H2,1-2H3,(H,21,24)(H2,20,22,26)/t11-,14-,15-/m0/s1. The number of urea groups is 1. The van der Waals surface area contributed by atoms with Gasteiger partial charge in [0.2, 0.25) is 11.8 Å². The lowest BCUT2D eigenvalue weighted by Crippen LogP contribution is -2.61. The molecule has 2 aliphatic heterocycles. The fourth-order valence-corrected chi connectivity index (χ4v) is 3.50. The lowest BCUT2D eigenvalue weighted by Gasteiger charge is -2.35. The summed E-state index contributed by atoms with van der Waals surface area (Å²) in [5.74, 6) is -0.544. The highest BCUT2D eigenvalue weighted by Gasteiger charge is 2.46. The second kappa shape index (κ2) is 7.31. The number of carbonyl (C=O) groups excluding carboxylic acids is 3. The Bertz CT molecular complexity index is 724. The Kier molecular flexibility index (Phi) is 5.11. The van der Waals surface area contributed by atoms with Crippen LogP contribution in [0.2, 0.25) is 0 Å². The normalized spacial score (nSPS) is 25.1. The highest BCUT2D eigenvalue weighted by Crippen LogP contribution is 2.25. The quantitative estimate of drug-likeness (QED) is 0.757. The van der Waals surface area contributed by atoms with Crippen LogP contribution in [0.3, 0.4) is 0 Å². The van der Waals surface area contributed by atoms with E-state index in [2.05, 4.69) is 16.0 Å². The topological polar surface area (TPSA) is 90.5 Å². The van der Waals surface area contributed by atoms with Crippen LogP contribution in [-0.2, 0) is 9.59 Å². The zero-order valence-corrected chi connectivity index (χ0v) is 14.8. The zero-order valence-electron chi connectivity index (χ0n) is 14.8. The van der Waals surface area contributed by atoms with Gasteiger partial charge in [0.25, 0.3) is 0 Å². The van der Waals surface area contributed by atoms with E-state index >= 15 is 0 Å². The molecular weight excluding hydrogens is 339 g/mol. The lowest BCUT2D eigenvalue weighted by atomic mass is 9.99. The van der Waals surface area contributed by atoms with Gasteiger partial charge in [0, 0.05) is 6.54 Å². The van der Waals surface area contributed by atoms with Gasteiger partial charge in [-0.1, -0.05) is 26.0 Å². The lowest BCUT2D eigenvalue weighted by molar-refractivity contribution is -0.147. The molecule has 0 radical (unpaired) electrons. The smallest absolute Gasteiger partial charge is 0.319 e. The summed E-state index contributed by atoms with van der Waals surface area (Å²) in [6.45, 7) is 4.26. The van der Waals surface area contributed by atoms with Crippen LogP contribution < -0.4 is 16.0 Å². The zero-order chi connectivity index (χ0) is 18.8. The van der Waals surface area contributed by atoms with Gasteiger partial charge in [0.05, 0.1) is 11.7 Å². The number of nitrogens with one attached hydrogen (secondary N) is 3. The van der Waals surface area contributed by atoms with Gasteiger partial charge in [-0.25, -0.2) is 9.18 Å². The van der Waals surface area contributed by atoms with E-state index in [1.54, 1.807) is 11.0 Å². The summed E-state index contributed by atoms with van der Waals surface area (Å²) in [5, 5.41) is 7.95. The van der Waals surface area contributed by atoms with E-state index in [0.717, 1.165) is 0 Å². The largest absolute Gasteiger partial charge is 0.342 e. The van der Waals surface area contributed by atoms with Crippen LogP contribution in [0.5, 0.6) is 0 Å². The number of nitrogens with zero attached hydrogens (tertiary/aromatic N) is 1. The molecule has 0 spiro atoms. The molecule has 3 rings (SSSR count). The van der Waals surface area contributed by atoms with Crippen LogP contribution in [-0.4, -0.2) is 47.4 Å². The molecule has 4 amide bonds. The molecule has 0 aliphatic carbocycles. The summed E-state index contributed by atoms with van der Waals surface area (Å²) in [4.78, 5) is 38.5. The van der Waals surface area contributed by atoms with Crippen molar-refractivity contribution in [2.75, 3.05) is 11.9 Å². The van der Waals surface area contributed by atoms with Gasteiger partial charge in [-0.15, -0.1) is 0 Å². The minimum absolute atomic E-state index is 0.0755. The number of rotatable bonds is 4. The molecule has 2 heterocycles. The van der Waals surface area contributed by atoms with Crippen molar-refractivity contribution in [2.24, 2.45) is 5.92 Å². The van der Waals surface area contributed by atoms with Gasteiger partial charge in [0.15, 0.2) is 0 Å². The highest BCUT2D eigenvalue weighted by molar-refractivity contribution is 5.98. The van der Waals surface area contributed by atoms with E-state index in [9.17, 15) is 18.8 Å². The summed E-state index contributed by atoms with van der Waals surface area (Å²) < 4.78 is 13.6. The predicted octanol–water partition coefficient (Wildman–Crippen LogP) is 1.46. The molecule has 2 fully saturated rings.